The van der Waals surface area contributed by atoms with E-state index < -0.39 is 11.2 Å². The zero-order chi connectivity index (χ0) is 23.9. The predicted octanol–water partition coefficient (Wildman–Crippen LogP) is 4.15. The number of benzene rings is 3. The van der Waals surface area contributed by atoms with Gasteiger partial charge in [0.05, 0.1) is 18.6 Å². The SMILES string of the molecule is COc1cccc(C[C@H]2COC(C=O)N2Cc2ccc(OCc3ccccc3)c([N+](=O)[O-])c2)c1. The van der Waals surface area contributed by atoms with E-state index in [4.69, 9.17) is 14.2 Å². The van der Waals surface area contributed by atoms with Crippen LogP contribution in [-0.2, 0) is 29.1 Å². The molecular weight excluding hydrogens is 436 g/mol. The lowest BCUT2D eigenvalue weighted by Crippen LogP contribution is -2.38. The van der Waals surface area contributed by atoms with E-state index in [2.05, 4.69) is 0 Å². The Morgan fingerprint density at radius 3 is 2.59 bits per heavy atom. The van der Waals surface area contributed by atoms with E-state index in [1.165, 1.54) is 6.07 Å². The van der Waals surface area contributed by atoms with Crippen LogP contribution in [0.4, 0.5) is 5.69 Å². The fourth-order valence-corrected chi connectivity index (χ4v) is 4.07. The highest BCUT2D eigenvalue weighted by Gasteiger charge is 2.34. The monoisotopic (exact) mass is 462 g/mol. The third-order valence-electron chi connectivity index (χ3n) is 5.80. The second-order valence-electron chi connectivity index (χ2n) is 8.08. The van der Waals surface area contributed by atoms with Crippen LogP contribution in [0.5, 0.6) is 11.5 Å². The molecule has 1 unspecified atom stereocenters. The molecule has 1 aliphatic rings. The molecule has 2 atom stereocenters. The highest BCUT2D eigenvalue weighted by atomic mass is 16.6. The van der Waals surface area contributed by atoms with E-state index >= 15 is 0 Å². The summed E-state index contributed by atoms with van der Waals surface area (Å²) in [5.74, 6) is 0.965. The number of nitro benzene ring substituents is 1. The van der Waals surface area contributed by atoms with Crippen LogP contribution in [0, 0.1) is 10.1 Å². The van der Waals surface area contributed by atoms with Crippen LogP contribution < -0.4 is 9.47 Å². The lowest BCUT2D eigenvalue weighted by Gasteiger charge is -2.25. The molecule has 3 aromatic carbocycles. The van der Waals surface area contributed by atoms with Crippen molar-refractivity contribution in [2.45, 2.75) is 31.8 Å². The topological polar surface area (TPSA) is 91.1 Å². The van der Waals surface area contributed by atoms with Crippen molar-refractivity contribution < 1.29 is 23.9 Å². The first kappa shape index (κ1) is 23.4. The maximum atomic E-state index is 11.7. The molecule has 0 radical (unpaired) electrons. The normalized spacial score (nSPS) is 17.9. The number of methoxy groups -OCH3 is 1. The molecule has 1 heterocycles. The number of nitrogens with zero attached hydrogens (tertiary/aromatic N) is 2. The van der Waals surface area contributed by atoms with Gasteiger partial charge in [-0.3, -0.25) is 19.8 Å². The number of ether oxygens (including phenoxy) is 3. The summed E-state index contributed by atoms with van der Waals surface area (Å²) in [6, 6.07) is 22.1. The molecule has 0 aliphatic carbocycles. The van der Waals surface area contributed by atoms with Gasteiger partial charge in [-0.2, -0.15) is 0 Å². The van der Waals surface area contributed by atoms with Crippen LogP contribution in [-0.4, -0.2) is 42.1 Å². The van der Waals surface area contributed by atoms with Crippen molar-refractivity contribution in [3.8, 4) is 11.5 Å². The minimum absolute atomic E-state index is 0.0598. The van der Waals surface area contributed by atoms with E-state index in [9.17, 15) is 14.9 Å². The number of rotatable bonds is 10. The van der Waals surface area contributed by atoms with E-state index in [0.29, 0.717) is 25.1 Å². The van der Waals surface area contributed by atoms with Crippen LogP contribution in [0.25, 0.3) is 0 Å². The maximum Gasteiger partial charge on any atom is 0.311 e. The standard InChI is InChI=1S/C26H26N2O6/c1-32-23-9-5-8-20(13-23)12-22-18-34-26(16-29)27(22)15-21-10-11-25(24(14-21)28(30)31)33-17-19-6-3-2-4-7-19/h2-11,13-14,16,22,26H,12,15,17-18H2,1H3/t22-,26?/m0/s1. The quantitative estimate of drug-likeness (QED) is 0.254. The Morgan fingerprint density at radius 1 is 1.06 bits per heavy atom. The number of aldehydes is 1. The Bertz CT molecular complexity index is 1140. The highest BCUT2D eigenvalue weighted by molar-refractivity contribution is 5.56. The molecule has 0 saturated carbocycles. The van der Waals surface area contributed by atoms with Gasteiger partial charge >= 0.3 is 5.69 Å². The van der Waals surface area contributed by atoms with Gasteiger partial charge in [0, 0.05) is 18.7 Å². The molecule has 4 rings (SSSR count). The van der Waals surface area contributed by atoms with Crippen LogP contribution in [0.2, 0.25) is 0 Å². The molecule has 0 N–H and O–H groups in total. The van der Waals surface area contributed by atoms with E-state index in [1.807, 2.05) is 59.5 Å². The molecule has 0 spiro atoms. The summed E-state index contributed by atoms with van der Waals surface area (Å²) in [5, 5.41) is 11.7. The van der Waals surface area contributed by atoms with Crippen LogP contribution in [0.3, 0.4) is 0 Å². The summed E-state index contributed by atoms with van der Waals surface area (Å²) in [6.07, 6.45) is 0.711. The molecule has 1 saturated heterocycles. The summed E-state index contributed by atoms with van der Waals surface area (Å²) in [7, 11) is 1.62. The molecule has 3 aromatic rings. The number of carbonyl (C=O) groups excluding carboxylic acids is 1. The summed E-state index contributed by atoms with van der Waals surface area (Å²) in [6.45, 7) is 0.954. The first-order valence-electron chi connectivity index (χ1n) is 11.0. The maximum absolute atomic E-state index is 11.7. The van der Waals surface area contributed by atoms with Gasteiger partial charge in [0.1, 0.15) is 12.4 Å². The summed E-state index contributed by atoms with van der Waals surface area (Å²) in [4.78, 5) is 24.8. The average molecular weight is 463 g/mol. The highest BCUT2D eigenvalue weighted by Crippen LogP contribution is 2.31. The number of nitro groups is 1. The molecule has 0 aromatic heterocycles. The first-order chi connectivity index (χ1) is 16.6. The molecule has 1 fully saturated rings. The lowest BCUT2D eigenvalue weighted by molar-refractivity contribution is -0.386. The fraction of sp³-hybridized carbons (Fsp3) is 0.269. The molecule has 8 nitrogen and oxygen atoms in total. The smallest absolute Gasteiger partial charge is 0.311 e. The second-order valence-corrected chi connectivity index (χ2v) is 8.08. The van der Waals surface area contributed by atoms with E-state index in [1.54, 1.807) is 19.2 Å². The van der Waals surface area contributed by atoms with E-state index in [0.717, 1.165) is 23.2 Å². The number of carbonyl (C=O) groups is 1. The molecular formula is C26H26N2O6. The Morgan fingerprint density at radius 2 is 1.85 bits per heavy atom. The fourth-order valence-electron chi connectivity index (χ4n) is 4.07. The van der Waals surface area contributed by atoms with Crippen LogP contribution in [0.1, 0.15) is 16.7 Å². The third kappa shape index (κ3) is 5.59. The lowest BCUT2D eigenvalue weighted by atomic mass is 10.0. The Kier molecular flexibility index (Phi) is 7.51. The van der Waals surface area contributed by atoms with Gasteiger partial charge in [0.2, 0.25) is 0 Å². The summed E-state index contributed by atoms with van der Waals surface area (Å²) >= 11 is 0. The second kappa shape index (κ2) is 10.9. The van der Waals surface area contributed by atoms with Gasteiger partial charge in [0.15, 0.2) is 18.3 Å². The molecule has 1 aliphatic heterocycles. The van der Waals surface area contributed by atoms with Gasteiger partial charge in [0.25, 0.3) is 0 Å². The van der Waals surface area contributed by atoms with Crippen molar-refractivity contribution in [2.75, 3.05) is 13.7 Å². The Labute approximate surface area is 197 Å². The Hall–Kier alpha value is -3.75. The largest absolute Gasteiger partial charge is 0.497 e. The molecule has 0 amide bonds. The van der Waals surface area contributed by atoms with Crippen molar-refractivity contribution in [3.63, 3.8) is 0 Å². The summed E-state index contributed by atoms with van der Waals surface area (Å²) in [5.41, 5.74) is 2.57. The van der Waals surface area contributed by atoms with Gasteiger partial charge in [-0.05, 0) is 41.3 Å². The van der Waals surface area contributed by atoms with E-state index in [-0.39, 0.29) is 24.1 Å². The molecule has 34 heavy (non-hydrogen) atoms. The van der Waals surface area contributed by atoms with Gasteiger partial charge in [-0.25, -0.2) is 0 Å². The predicted molar refractivity (Wildman–Crippen MR) is 126 cm³/mol. The van der Waals surface area contributed by atoms with Gasteiger partial charge in [-0.15, -0.1) is 0 Å². The Balaban J connectivity index is 1.51. The average Bonchev–Trinajstić information content (AvgIpc) is 3.24. The third-order valence-corrected chi connectivity index (χ3v) is 5.80. The van der Waals surface area contributed by atoms with Crippen molar-refractivity contribution >= 4 is 12.0 Å². The zero-order valence-electron chi connectivity index (χ0n) is 18.8. The molecule has 8 heteroatoms. The van der Waals surface area contributed by atoms with Crippen molar-refractivity contribution in [3.05, 3.63) is 99.6 Å². The van der Waals surface area contributed by atoms with Gasteiger partial charge in [-0.1, -0.05) is 48.5 Å². The van der Waals surface area contributed by atoms with Crippen molar-refractivity contribution in [2.24, 2.45) is 0 Å². The van der Waals surface area contributed by atoms with Crippen molar-refractivity contribution in [1.29, 1.82) is 0 Å². The molecule has 0 bridgehead atoms. The molecule has 176 valence electrons. The zero-order valence-corrected chi connectivity index (χ0v) is 18.8. The van der Waals surface area contributed by atoms with Gasteiger partial charge < -0.3 is 14.2 Å². The minimum atomic E-state index is -0.705. The minimum Gasteiger partial charge on any atom is -0.497 e. The van der Waals surface area contributed by atoms with Crippen molar-refractivity contribution in [1.82, 2.24) is 4.90 Å². The number of hydrogen-bond acceptors (Lipinski definition) is 7. The first-order valence-corrected chi connectivity index (χ1v) is 11.0. The number of hydrogen-bond donors (Lipinski definition) is 0. The van der Waals surface area contributed by atoms with Crippen LogP contribution in [0.15, 0.2) is 72.8 Å². The summed E-state index contributed by atoms with van der Waals surface area (Å²) < 4.78 is 16.7. The van der Waals surface area contributed by atoms with Crippen LogP contribution >= 0.6 is 0 Å².